The van der Waals surface area contributed by atoms with Crippen LogP contribution in [0, 0.1) is 55.7 Å². The van der Waals surface area contributed by atoms with Crippen LogP contribution in [0.3, 0.4) is 0 Å². The van der Waals surface area contributed by atoms with Gasteiger partial charge < -0.3 is 51.9 Å². The molecular weight excluding hydrogens is 2100 g/mol. The van der Waals surface area contributed by atoms with Gasteiger partial charge in [-0.3, -0.25) is 19.2 Å². The van der Waals surface area contributed by atoms with E-state index in [0.717, 1.165) is 86.7 Å². The van der Waals surface area contributed by atoms with Gasteiger partial charge in [0.05, 0.1) is 60.7 Å². The first kappa shape index (κ1) is 113. The molecule has 3 aliphatic heterocycles. The number of pyridine rings is 6. The fourth-order valence-corrected chi connectivity index (χ4v) is 37.9. The quantitative estimate of drug-likeness (QED) is 0.00677. The van der Waals surface area contributed by atoms with Crippen molar-refractivity contribution in [1.82, 2.24) is 78.7 Å². The number of ether oxygens (including phenoxy) is 3. The molecule has 0 radical (unpaired) electrons. The maximum absolute atomic E-state index is 13.8. The van der Waals surface area contributed by atoms with Gasteiger partial charge in [0.15, 0.2) is 32.5 Å². The number of carbonyl (C=O) groups is 4. The Morgan fingerprint density at radius 2 is 0.986 bits per heavy atom. The Morgan fingerprint density at radius 1 is 0.565 bits per heavy atom. The molecule has 12 fully saturated rings. The normalized spacial score (nSPS) is 22.3. The molecule has 46 heteroatoms. The number of nitrogens with one attached hydrogen (secondary N) is 7. The third-order valence-corrected chi connectivity index (χ3v) is 51.8. The standard InChI is InChI=1S/C34H45ClN6O4SSi.C33H44ClN7O4SSi.C33H43N7O4SSi.CH2O3.ClH.2K.H/c1-32(2)13-10-23(22-32)47(3,4)21-18-36-26-6-5-7-29(37-26)46(43,44)40-31(42)24-8-9-27(38-30(24)35)41-19-11-28(39-41)45-20-12-25-33(14-15-33)34(25)16-17-34;1-31(2)20-22(21-36-31)47(3,4)19-16-35-25-6-5-7-28(37-25)46(43,44)40-30(42)23-8-9-26(38-29(23)34)41-17-10-27(39-41)45-18-11-24-32(12-13-32)33(24)14-15-33;1-31(2)20-22-21-39(31)29-23(30(41)38-45(42,43)28-7-5-6-25(35-28)34-16-19-46(22,3)4)8-9-26(36-29)40-17-10-27(37-40)44-18-11-24-32(12-13-32)33(24)14-15-33;2-1-4-3;;;;/h5-9,11,19,23,25H,10,12-18,20-22H2,1-4H3,(H,36,37)(H,40,42);5-10,17,22,24,36H,11-16,18-21H2,1-4H3,(H,35,37)(H,40,42);5-10,17,22,24H,11-16,18-21H2,1-4H3,(H,34,35)(H,38,41);1,3H;1H;;;/q;;;;;2*+1;-1/p-1. The van der Waals surface area contributed by atoms with E-state index in [0.29, 0.717) is 140 Å². The Bertz CT molecular complexity index is 6490. The summed E-state index contributed by atoms with van der Waals surface area (Å²) in [4.78, 5) is 79.7. The summed E-state index contributed by atoms with van der Waals surface area (Å²) >= 11 is 12.7. The molecular formula is C101H135Cl3K2N20O15S3Si3. The van der Waals surface area contributed by atoms with Crippen molar-refractivity contribution in [1.29, 1.82) is 0 Å². The SMILES string of the molecule is CC1(C)CC([Si](C)(C)CCNc2cccc(S(=O)(=O)NC(=O)c3ccc(-n4ccc(OCCC5C6(CC6)C56CC6)n4)nc3Cl)n2)CN1.CC1(C)CC2CN1c1nc(-n3ccc(OCCC4C5(CC5)C45CC5)n3)ccc1C(=O)NS(=O)(=O)c1cccc(n1)NCC[Si]2(C)C.CC1(C)CCC([Si](C)(C)CCNc2cccc(S(=O)(=O)NC(=O)c3ccc(-n4ccc(OCCC5C6(CC6)C56CC6)n4)nc3Cl)n2)C1.Cl.O=CO[O-].[H-].[K+].[K+]. The van der Waals surface area contributed by atoms with Crippen LogP contribution in [0.25, 0.3) is 17.5 Å². The number of hydrogen-bond acceptors (Lipinski definition) is 29. The van der Waals surface area contributed by atoms with Gasteiger partial charge in [-0.05, 0) is 319 Å². The van der Waals surface area contributed by atoms with Gasteiger partial charge in [-0.2, -0.15) is 25.3 Å². The van der Waals surface area contributed by atoms with Gasteiger partial charge in [0.2, 0.25) is 17.6 Å². The van der Waals surface area contributed by atoms with E-state index < -0.39 is 72.0 Å². The molecule has 13 aliphatic rings. The van der Waals surface area contributed by atoms with Crippen LogP contribution in [0.2, 0.25) is 84.3 Å². The number of amides is 3. The summed E-state index contributed by atoms with van der Waals surface area (Å²) in [6.07, 6.45) is 31.1. The van der Waals surface area contributed by atoms with Gasteiger partial charge in [0.25, 0.3) is 54.3 Å². The topological polar surface area (TPSA) is 449 Å². The molecule has 3 unspecified atom stereocenters. The summed E-state index contributed by atoms with van der Waals surface area (Å²) in [5.41, 5.74) is 6.21. The number of aromatic nitrogens is 12. The number of fused-ring (bicyclic) bond motifs is 9. The van der Waals surface area contributed by atoms with Crippen molar-refractivity contribution in [3.05, 3.63) is 155 Å². The van der Waals surface area contributed by atoms with Crippen molar-refractivity contribution in [2.45, 2.75) is 270 Å². The first-order valence-electron chi connectivity index (χ1n) is 50.7. The van der Waals surface area contributed by atoms with Crippen LogP contribution >= 0.6 is 35.6 Å². The fourth-order valence-electron chi connectivity index (χ4n) is 25.6. The number of hydrogen-bond donors (Lipinski definition) is 7. The molecule has 7 N–H and O–H groups in total. The summed E-state index contributed by atoms with van der Waals surface area (Å²) in [6, 6.07) is 32.0. The summed E-state index contributed by atoms with van der Waals surface area (Å²) in [5.74, 6) is 4.56. The molecule has 9 aromatic heterocycles. The van der Waals surface area contributed by atoms with E-state index >= 15 is 0 Å². The molecule has 2 saturated heterocycles. The minimum atomic E-state index is -4.27. The molecule has 10 aliphatic carbocycles. The van der Waals surface area contributed by atoms with Crippen molar-refractivity contribution in [3.8, 4) is 35.1 Å². The summed E-state index contributed by atoms with van der Waals surface area (Å²) in [7, 11) is -17.5. The van der Waals surface area contributed by atoms with Crippen LogP contribution in [0.5, 0.6) is 17.6 Å². The second kappa shape index (κ2) is 43.0. The van der Waals surface area contributed by atoms with Gasteiger partial charge in [-0.1, -0.05) is 101 Å². The van der Waals surface area contributed by atoms with Crippen LogP contribution in [-0.2, 0) is 39.8 Å². The summed E-state index contributed by atoms with van der Waals surface area (Å²) in [6.45, 7) is 33.7. The van der Waals surface area contributed by atoms with Crippen LogP contribution in [0.1, 0.15) is 202 Å². The fraction of sp³-hybridized carbons (Fsp3) is 0.574. The number of nitrogens with zero attached hydrogens (tertiary/aromatic N) is 13. The molecule has 35 nitrogen and oxygen atoms in total. The zero-order chi connectivity index (χ0) is 102. The second-order valence-electron chi connectivity index (χ2n) is 46.5. The number of anilines is 4. The molecule has 0 aromatic carbocycles. The number of sulfonamides is 3. The molecule has 782 valence electrons. The molecule has 147 heavy (non-hydrogen) atoms. The zero-order valence-corrected chi connectivity index (χ0v) is 100. The Balaban J connectivity index is 0.000000161. The van der Waals surface area contributed by atoms with E-state index in [4.69, 9.17) is 52.4 Å². The number of rotatable bonds is 32. The summed E-state index contributed by atoms with van der Waals surface area (Å²) in [5, 5.41) is 34.5. The molecule has 22 rings (SSSR count). The maximum Gasteiger partial charge on any atom is 1.00 e. The van der Waals surface area contributed by atoms with Gasteiger partial charge in [0.1, 0.15) is 33.6 Å². The van der Waals surface area contributed by atoms with E-state index in [9.17, 15) is 39.6 Å². The van der Waals surface area contributed by atoms with Gasteiger partial charge in [-0.25, -0.2) is 58.1 Å². The predicted octanol–water partition coefficient (Wildman–Crippen LogP) is 11.0. The van der Waals surface area contributed by atoms with Crippen LogP contribution in [0.15, 0.2) is 143 Å². The largest absolute Gasteiger partial charge is 1.00 e. The minimum absolute atomic E-state index is 0. The van der Waals surface area contributed by atoms with E-state index in [2.05, 4.69) is 166 Å². The van der Waals surface area contributed by atoms with E-state index in [1.54, 1.807) is 89.9 Å². The van der Waals surface area contributed by atoms with E-state index in [1.807, 2.05) is 12.3 Å². The average molecular weight is 2230 g/mol. The maximum atomic E-state index is 13.8. The van der Waals surface area contributed by atoms with Crippen LogP contribution in [0.4, 0.5) is 23.3 Å². The van der Waals surface area contributed by atoms with Crippen molar-refractivity contribution in [3.63, 3.8) is 0 Å². The third kappa shape index (κ3) is 23.9. The van der Waals surface area contributed by atoms with Gasteiger partial charge in [0, 0.05) is 74.0 Å². The number of halogens is 3. The van der Waals surface area contributed by atoms with Crippen molar-refractivity contribution < 1.29 is 173 Å². The first-order valence-corrected chi connectivity index (χ1v) is 65.8. The average Bonchev–Trinajstić information content (AvgIpc) is 1.45. The van der Waals surface area contributed by atoms with Crippen molar-refractivity contribution in [2.75, 3.05) is 73.4 Å². The predicted molar refractivity (Wildman–Crippen MR) is 561 cm³/mol. The zero-order valence-electron chi connectivity index (χ0n) is 87.4. The molecule has 3 amide bonds. The Hall–Kier alpha value is -6.43. The Kier molecular flexibility index (Phi) is 33.1. The Labute approximate surface area is 967 Å². The van der Waals surface area contributed by atoms with Crippen LogP contribution < -0.4 is 163 Å². The van der Waals surface area contributed by atoms with Crippen molar-refractivity contribution in [2.24, 2.45) is 55.7 Å². The molecule has 9 aromatic rings. The molecule has 12 heterocycles. The smallest absolute Gasteiger partial charge is 1.00 e. The molecule has 4 bridgehead atoms. The molecule has 6 spiro atoms. The minimum Gasteiger partial charge on any atom is -1.00 e. The first-order chi connectivity index (χ1) is 68.2. The molecule has 3 atom stereocenters. The van der Waals surface area contributed by atoms with Gasteiger partial charge in [-0.15, -0.1) is 27.7 Å². The van der Waals surface area contributed by atoms with Gasteiger partial charge >= 0.3 is 103 Å². The third-order valence-electron chi connectivity index (χ3n) is 35.0. The molecule has 10 saturated carbocycles. The van der Waals surface area contributed by atoms with Crippen molar-refractivity contribution >= 4 is 137 Å². The summed E-state index contributed by atoms with van der Waals surface area (Å²) < 4.78 is 108. The number of carbonyl (C=O) groups excluding carboxylic acids is 4. The van der Waals surface area contributed by atoms with E-state index in [-0.39, 0.29) is 176 Å². The Morgan fingerprint density at radius 3 is 1.39 bits per heavy atom. The van der Waals surface area contributed by atoms with Crippen LogP contribution in [-0.4, -0.2) is 197 Å². The second-order valence-corrected chi connectivity index (χ2v) is 68.0. The monoisotopic (exact) mass is 2230 g/mol. The van der Waals surface area contributed by atoms with E-state index in [1.165, 1.54) is 142 Å².